The molecule has 0 aromatic carbocycles. The van der Waals surface area contributed by atoms with E-state index < -0.39 is 0 Å². The van der Waals surface area contributed by atoms with Crippen LogP contribution in [0.1, 0.15) is 57.8 Å². The quantitative estimate of drug-likeness (QED) is 0.814. The lowest BCUT2D eigenvalue weighted by Crippen LogP contribution is -2.59. The molecule has 3 aliphatic carbocycles. The van der Waals surface area contributed by atoms with Gasteiger partial charge in [-0.1, -0.05) is 19.3 Å². The van der Waals surface area contributed by atoms with Gasteiger partial charge in [-0.05, 0) is 62.8 Å². The van der Waals surface area contributed by atoms with E-state index in [-0.39, 0.29) is 0 Å². The molecule has 2 bridgehead atoms. The summed E-state index contributed by atoms with van der Waals surface area (Å²) < 4.78 is 0. The van der Waals surface area contributed by atoms with Gasteiger partial charge in [0.1, 0.15) is 0 Å². The van der Waals surface area contributed by atoms with Crippen LogP contribution in [0.2, 0.25) is 0 Å². The Hall–Kier alpha value is -0.0800. The molecule has 18 heavy (non-hydrogen) atoms. The largest absolute Gasteiger partial charge is 0.329 e. The smallest absolute Gasteiger partial charge is 0.0365 e. The highest BCUT2D eigenvalue weighted by atomic mass is 15.3. The van der Waals surface area contributed by atoms with Gasteiger partial charge in [-0.2, -0.15) is 0 Å². The average Bonchev–Trinajstić information content (AvgIpc) is 3.11. The summed E-state index contributed by atoms with van der Waals surface area (Å²) in [5.74, 6) is 2.97. The standard InChI is InChI=1S/C16H28N2/c17-11-16(10-12-5-6-14(16)9-12)18-8-7-13-3-1-2-4-15(13)18/h12-15H,1-11,17H2. The Bertz CT molecular complexity index is 329. The fraction of sp³-hybridized carbons (Fsp3) is 1.00. The van der Waals surface area contributed by atoms with Crippen molar-refractivity contribution in [2.75, 3.05) is 13.1 Å². The summed E-state index contributed by atoms with van der Waals surface area (Å²) in [7, 11) is 0. The van der Waals surface area contributed by atoms with E-state index in [1.54, 1.807) is 0 Å². The van der Waals surface area contributed by atoms with Crippen molar-refractivity contribution in [3.63, 3.8) is 0 Å². The molecule has 1 saturated heterocycles. The van der Waals surface area contributed by atoms with Crippen LogP contribution in [0.25, 0.3) is 0 Å². The molecule has 5 atom stereocenters. The van der Waals surface area contributed by atoms with Gasteiger partial charge in [-0.3, -0.25) is 4.90 Å². The number of nitrogens with zero attached hydrogens (tertiary/aromatic N) is 1. The molecule has 0 spiro atoms. The molecule has 2 nitrogen and oxygen atoms in total. The SMILES string of the molecule is NCC1(N2CCC3CCCCC32)CC2CCC1C2. The highest BCUT2D eigenvalue weighted by molar-refractivity contribution is 5.11. The Labute approximate surface area is 111 Å². The van der Waals surface area contributed by atoms with Gasteiger partial charge >= 0.3 is 0 Å². The summed E-state index contributed by atoms with van der Waals surface area (Å²) in [6, 6.07) is 0.904. The minimum atomic E-state index is 0.430. The van der Waals surface area contributed by atoms with E-state index in [0.29, 0.717) is 5.54 Å². The Kier molecular flexibility index (Phi) is 2.74. The summed E-state index contributed by atoms with van der Waals surface area (Å²) in [6.45, 7) is 2.28. The van der Waals surface area contributed by atoms with Crippen LogP contribution in [-0.4, -0.2) is 29.6 Å². The van der Waals surface area contributed by atoms with E-state index in [1.165, 1.54) is 64.3 Å². The second-order valence-electron chi connectivity index (χ2n) is 7.48. The summed E-state index contributed by atoms with van der Waals surface area (Å²) in [5, 5.41) is 0. The molecule has 1 aliphatic heterocycles. The average molecular weight is 248 g/mol. The minimum Gasteiger partial charge on any atom is -0.329 e. The maximum atomic E-state index is 6.32. The van der Waals surface area contributed by atoms with Crippen molar-refractivity contribution in [2.24, 2.45) is 23.5 Å². The topological polar surface area (TPSA) is 29.3 Å². The zero-order valence-electron chi connectivity index (χ0n) is 11.6. The van der Waals surface area contributed by atoms with Gasteiger partial charge in [0.25, 0.3) is 0 Å². The zero-order chi connectivity index (χ0) is 12.2. The molecule has 4 aliphatic rings. The molecule has 0 aromatic rings. The number of hydrogen-bond donors (Lipinski definition) is 1. The lowest BCUT2D eigenvalue weighted by Gasteiger charge is -2.49. The van der Waals surface area contributed by atoms with Crippen molar-refractivity contribution >= 4 is 0 Å². The van der Waals surface area contributed by atoms with E-state index in [0.717, 1.165) is 30.3 Å². The highest BCUT2D eigenvalue weighted by Crippen LogP contribution is 2.55. The second kappa shape index (κ2) is 4.21. The third-order valence-corrected chi connectivity index (χ3v) is 6.88. The predicted molar refractivity (Wildman–Crippen MR) is 74.3 cm³/mol. The molecular weight excluding hydrogens is 220 g/mol. The van der Waals surface area contributed by atoms with Crippen LogP contribution in [0.5, 0.6) is 0 Å². The van der Waals surface area contributed by atoms with Gasteiger partial charge in [0, 0.05) is 18.1 Å². The number of fused-ring (bicyclic) bond motifs is 3. The van der Waals surface area contributed by atoms with Gasteiger partial charge in [-0.25, -0.2) is 0 Å². The zero-order valence-corrected chi connectivity index (χ0v) is 11.6. The van der Waals surface area contributed by atoms with Crippen LogP contribution >= 0.6 is 0 Å². The van der Waals surface area contributed by atoms with E-state index in [1.807, 2.05) is 0 Å². The number of hydrogen-bond acceptors (Lipinski definition) is 2. The van der Waals surface area contributed by atoms with Crippen molar-refractivity contribution in [1.29, 1.82) is 0 Å². The lowest BCUT2D eigenvalue weighted by atomic mass is 9.77. The number of nitrogens with two attached hydrogens (primary N) is 1. The van der Waals surface area contributed by atoms with E-state index in [4.69, 9.17) is 5.73 Å². The van der Waals surface area contributed by atoms with E-state index >= 15 is 0 Å². The Balaban J connectivity index is 1.61. The molecule has 1 heterocycles. The molecule has 0 aromatic heterocycles. The molecule has 102 valence electrons. The van der Waals surface area contributed by atoms with Crippen molar-refractivity contribution in [1.82, 2.24) is 4.90 Å². The van der Waals surface area contributed by atoms with Gasteiger partial charge in [0.05, 0.1) is 0 Å². The predicted octanol–water partition coefficient (Wildman–Crippen LogP) is 2.77. The third-order valence-electron chi connectivity index (χ3n) is 6.88. The van der Waals surface area contributed by atoms with Gasteiger partial charge in [0.15, 0.2) is 0 Å². The van der Waals surface area contributed by atoms with E-state index in [2.05, 4.69) is 4.90 Å². The van der Waals surface area contributed by atoms with E-state index in [9.17, 15) is 0 Å². The maximum Gasteiger partial charge on any atom is 0.0365 e. The fourth-order valence-corrected chi connectivity index (χ4v) is 6.09. The third kappa shape index (κ3) is 1.48. The van der Waals surface area contributed by atoms with Crippen LogP contribution < -0.4 is 5.73 Å². The van der Waals surface area contributed by atoms with Crippen LogP contribution in [-0.2, 0) is 0 Å². The molecule has 0 amide bonds. The van der Waals surface area contributed by atoms with Gasteiger partial charge in [0.2, 0.25) is 0 Å². The van der Waals surface area contributed by atoms with Gasteiger partial charge in [-0.15, -0.1) is 0 Å². The number of likely N-dealkylation sites (tertiary alicyclic amines) is 1. The normalized spacial score (nSPS) is 51.8. The Morgan fingerprint density at radius 1 is 1.06 bits per heavy atom. The summed E-state index contributed by atoms with van der Waals surface area (Å²) in [6.07, 6.45) is 13.2. The van der Waals surface area contributed by atoms with Crippen molar-refractivity contribution in [3.05, 3.63) is 0 Å². The van der Waals surface area contributed by atoms with Crippen molar-refractivity contribution in [2.45, 2.75) is 69.4 Å². The molecule has 3 saturated carbocycles. The fourth-order valence-electron chi connectivity index (χ4n) is 6.09. The van der Waals surface area contributed by atoms with Crippen LogP contribution in [0.4, 0.5) is 0 Å². The first-order valence-corrected chi connectivity index (χ1v) is 8.30. The highest BCUT2D eigenvalue weighted by Gasteiger charge is 2.56. The summed E-state index contributed by atoms with van der Waals surface area (Å²) in [4.78, 5) is 2.93. The van der Waals surface area contributed by atoms with Crippen LogP contribution in [0, 0.1) is 17.8 Å². The molecular formula is C16H28N2. The molecule has 0 radical (unpaired) electrons. The van der Waals surface area contributed by atoms with Crippen molar-refractivity contribution < 1.29 is 0 Å². The molecule has 4 rings (SSSR count). The minimum absolute atomic E-state index is 0.430. The Morgan fingerprint density at radius 3 is 2.67 bits per heavy atom. The summed E-state index contributed by atoms with van der Waals surface area (Å²) in [5.41, 5.74) is 6.75. The van der Waals surface area contributed by atoms with Gasteiger partial charge < -0.3 is 5.73 Å². The van der Waals surface area contributed by atoms with Crippen molar-refractivity contribution in [3.8, 4) is 0 Å². The lowest BCUT2D eigenvalue weighted by molar-refractivity contribution is 0.0130. The molecule has 2 heteroatoms. The molecule has 4 fully saturated rings. The molecule has 2 N–H and O–H groups in total. The Morgan fingerprint density at radius 2 is 1.94 bits per heavy atom. The first-order valence-electron chi connectivity index (χ1n) is 8.30. The number of rotatable bonds is 2. The van der Waals surface area contributed by atoms with Crippen LogP contribution in [0.3, 0.4) is 0 Å². The molecule has 5 unspecified atom stereocenters. The van der Waals surface area contributed by atoms with Crippen LogP contribution in [0.15, 0.2) is 0 Å². The first-order chi connectivity index (χ1) is 8.83. The maximum absolute atomic E-state index is 6.32. The monoisotopic (exact) mass is 248 g/mol. The first kappa shape index (κ1) is 11.7. The summed E-state index contributed by atoms with van der Waals surface area (Å²) >= 11 is 0. The second-order valence-corrected chi connectivity index (χ2v) is 7.48.